The van der Waals surface area contributed by atoms with Crippen molar-refractivity contribution in [3.63, 3.8) is 0 Å². The highest BCUT2D eigenvalue weighted by molar-refractivity contribution is 5.92. The van der Waals surface area contributed by atoms with Gasteiger partial charge in [-0.25, -0.2) is 9.97 Å². The number of amides is 1. The summed E-state index contributed by atoms with van der Waals surface area (Å²) in [6, 6.07) is 10.0. The van der Waals surface area contributed by atoms with Crippen molar-refractivity contribution in [3.05, 3.63) is 42.2 Å². The fourth-order valence-electron chi connectivity index (χ4n) is 2.98. The molecule has 1 unspecified atom stereocenters. The molecule has 0 spiro atoms. The predicted octanol–water partition coefficient (Wildman–Crippen LogP) is 3.74. The Balaban J connectivity index is 1.65. The summed E-state index contributed by atoms with van der Waals surface area (Å²) < 4.78 is 0. The van der Waals surface area contributed by atoms with Crippen LogP contribution in [0.4, 0.5) is 17.3 Å². The van der Waals surface area contributed by atoms with Gasteiger partial charge in [-0.2, -0.15) is 0 Å². The molecule has 1 aromatic heterocycles. The Morgan fingerprint density at radius 3 is 2.58 bits per heavy atom. The topological polar surface area (TPSA) is 70.2 Å². The predicted molar refractivity (Wildman–Crippen MR) is 105 cm³/mol. The van der Waals surface area contributed by atoms with Crippen LogP contribution in [0.1, 0.15) is 50.0 Å². The molecule has 0 saturated carbocycles. The van der Waals surface area contributed by atoms with Gasteiger partial charge in [-0.15, -0.1) is 0 Å². The summed E-state index contributed by atoms with van der Waals surface area (Å²) >= 11 is 0. The number of benzene rings is 1. The Kier molecular flexibility index (Phi) is 6.04. The van der Waals surface area contributed by atoms with Gasteiger partial charge in [0.15, 0.2) is 0 Å². The number of hydrogen-bond donors (Lipinski definition) is 2. The molecule has 1 saturated heterocycles. The first-order valence-electron chi connectivity index (χ1n) is 9.41. The average molecular weight is 353 g/mol. The normalized spacial score (nSPS) is 15.4. The highest BCUT2D eigenvalue weighted by Gasteiger charge is 2.12. The van der Waals surface area contributed by atoms with E-state index in [4.69, 9.17) is 0 Å². The molecule has 6 heteroatoms. The summed E-state index contributed by atoms with van der Waals surface area (Å²) in [5.74, 6) is 0.248. The molecule has 26 heavy (non-hydrogen) atoms. The van der Waals surface area contributed by atoms with Gasteiger partial charge in [0, 0.05) is 36.7 Å². The van der Waals surface area contributed by atoms with Gasteiger partial charge in [0.25, 0.3) is 5.91 Å². The van der Waals surface area contributed by atoms with Crippen LogP contribution in [0.2, 0.25) is 0 Å². The summed E-state index contributed by atoms with van der Waals surface area (Å²) in [5.41, 5.74) is 2.52. The van der Waals surface area contributed by atoms with Crippen LogP contribution in [0.5, 0.6) is 0 Å². The van der Waals surface area contributed by atoms with Crippen LogP contribution in [0, 0.1) is 0 Å². The summed E-state index contributed by atoms with van der Waals surface area (Å²) in [7, 11) is 0. The van der Waals surface area contributed by atoms with Crippen molar-refractivity contribution in [2.24, 2.45) is 0 Å². The molecule has 0 radical (unpaired) electrons. The van der Waals surface area contributed by atoms with E-state index in [1.54, 1.807) is 12.3 Å². The summed E-state index contributed by atoms with van der Waals surface area (Å²) in [5, 5.41) is 6.09. The molecule has 2 N–H and O–H groups in total. The van der Waals surface area contributed by atoms with Crippen LogP contribution in [0.3, 0.4) is 0 Å². The van der Waals surface area contributed by atoms with Crippen molar-refractivity contribution in [1.29, 1.82) is 0 Å². The lowest BCUT2D eigenvalue weighted by molar-refractivity contribution is 0.0934. The van der Waals surface area contributed by atoms with E-state index in [2.05, 4.69) is 37.6 Å². The first kappa shape index (κ1) is 18.2. The van der Waals surface area contributed by atoms with Crippen LogP contribution >= 0.6 is 0 Å². The lowest BCUT2D eigenvalue weighted by Crippen LogP contribution is -2.32. The summed E-state index contributed by atoms with van der Waals surface area (Å²) in [6.07, 6.45) is 6.33. The molecule has 1 aromatic carbocycles. The first-order valence-corrected chi connectivity index (χ1v) is 9.41. The number of piperidine rings is 1. The number of rotatable bonds is 6. The summed E-state index contributed by atoms with van der Waals surface area (Å²) in [4.78, 5) is 23.2. The Bertz CT molecular complexity index is 725. The smallest absolute Gasteiger partial charge is 0.270 e. The second-order valence-electron chi connectivity index (χ2n) is 6.77. The van der Waals surface area contributed by atoms with Gasteiger partial charge in [-0.05, 0) is 62.9 Å². The Hall–Kier alpha value is -2.63. The number of carbonyl (C=O) groups excluding carboxylic acids is 1. The van der Waals surface area contributed by atoms with Crippen LogP contribution < -0.4 is 15.5 Å². The third kappa shape index (κ3) is 4.71. The number of nitrogens with one attached hydrogen (secondary N) is 2. The number of hydrogen-bond acceptors (Lipinski definition) is 5. The highest BCUT2D eigenvalue weighted by atomic mass is 16.1. The lowest BCUT2D eigenvalue weighted by atomic mass is 10.1. The van der Waals surface area contributed by atoms with Gasteiger partial charge < -0.3 is 15.5 Å². The summed E-state index contributed by atoms with van der Waals surface area (Å²) in [6.45, 7) is 6.26. The molecule has 2 heterocycles. The second-order valence-corrected chi connectivity index (χ2v) is 6.77. The maximum atomic E-state index is 12.2. The second kappa shape index (κ2) is 8.65. The fourth-order valence-corrected chi connectivity index (χ4v) is 2.98. The van der Waals surface area contributed by atoms with E-state index in [1.807, 2.05) is 26.0 Å². The van der Waals surface area contributed by atoms with Crippen LogP contribution in [-0.2, 0) is 0 Å². The van der Waals surface area contributed by atoms with Crippen molar-refractivity contribution in [2.45, 2.75) is 45.6 Å². The molecule has 6 nitrogen and oxygen atoms in total. The van der Waals surface area contributed by atoms with Gasteiger partial charge in [-0.3, -0.25) is 4.79 Å². The van der Waals surface area contributed by atoms with E-state index in [9.17, 15) is 4.79 Å². The third-order valence-electron chi connectivity index (χ3n) is 4.72. The maximum Gasteiger partial charge on any atom is 0.270 e. The SMILES string of the molecule is CCC(C)NC(=O)c1ccnc(Nc2ccc(N3CCCCC3)cc2)n1. The number of aromatic nitrogens is 2. The zero-order valence-corrected chi connectivity index (χ0v) is 15.5. The minimum Gasteiger partial charge on any atom is -0.372 e. The lowest BCUT2D eigenvalue weighted by Gasteiger charge is -2.28. The van der Waals surface area contributed by atoms with Gasteiger partial charge in [-0.1, -0.05) is 6.92 Å². The van der Waals surface area contributed by atoms with Gasteiger partial charge >= 0.3 is 0 Å². The van der Waals surface area contributed by atoms with Gasteiger partial charge in [0.2, 0.25) is 5.95 Å². The Labute approximate surface area is 155 Å². The standard InChI is InChI=1S/C20H27N5O/c1-3-15(2)22-19(26)18-11-12-21-20(24-18)23-16-7-9-17(10-8-16)25-13-5-4-6-14-25/h7-12,15H,3-6,13-14H2,1-2H3,(H,22,26)(H,21,23,24). The van der Waals surface area contributed by atoms with Crippen molar-refractivity contribution in [1.82, 2.24) is 15.3 Å². The fraction of sp³-hybridized carbons (Fsp3) is 0.450. The molecule has 0 bridgehead atoms. The zero-order valence-electron chi connectivity index (χ0n) is 15.5. The Morgan fingerprint density at radius 2 is 1.88 bits per heavy atom. The van der Waals surface area contributed by atoms with Crippen molar-refractivity contribution in [3.8, 4) is 0 Å². The molecule has 1 amide bonds. The quantitative estimate of drug-likeness (QED) is 0.828. The van der Waals surface area contributed by atoms with E-state index >= 15 is 0 Å². The van der Waals surface area contributed by atoms with E-state index < -0.39 is 0 Å². The van der Waals surface area contributed by atoms with Crippen molar-refractivity contribution >= 4 is 23.2 Å². The molecule has 138 valence electrons. The molecule has 2 aromatic rings. The highest BCUT2D eigenvalue weighted by Crippen LogP contribution is 2.22. The van der Waals surface area contributed by atoms with Crippen LogP contribution in [0.15, 0.2) is 36.5 Å². The molecule has 1 aliphatic heterocycles. The molecule has 0 aliphatic carbocycles. The largest absolute Gasteiger partial charge is 0.372 e. The molecule has 1 fully saturated rings. The third-order valence-corrected chi connectivity index (χ3v) is 4.72. The molecular weight excluding hydrogens is 326 g/mol. The van der Waals surface area contributed by atoms with Crippen molar-refractivity contribution in [2.75, 3.05) is 23.3 Å². The van der Waals surface area contributed by atoms with Crippen LogP contribution in [0.25, 0.3) is 0 Å². The number of nitrogens with zero attached hydrogens (tertiary/aromatic N) is 3. The minimum absolute atomic E-state index is 0.121. The maximum absolute atomic E-state index is 12.2. The first-order chi connectivity index (χ1) is 12.7. The molecule has 1 atom stereocenters. The zero-order chi connectivity index (χ0) is 18.4. The Morgan fingerprint density at radius 1 is 1.15 bits per heavy atom. The van der Waals surface area contributed by atoms with Crippen LogP contribution in [-0.4, -0.2) is 35.0 Å². The molecular formula is C20H27N5O. The van der Waals surface area contributed by atoms with Crippen molar-refractivity contribution < 1.29 is 4.79 Å². The molecule has 1 aliphatic rings. The van der Waals surface area contributed by atoms with Gasteiger partial charge in [0.05, 0.1) is 0 Å². The number of anilines is 3. The molecule has 3 rings (SSSR count). The van der Waals surface area contributed by atoms with E-state index in [1.165, 1.54) is 24.9 Å². The monoisotopic (exact) mass is 353 g/mol. The minimum atomic E-state index is -0.176. The average Bonchev–Trinajstić information content (AvgIpc) is 2.69. The van der Waals surface area contributed by atoms with E-state index in [0.717, 1.165) is 25.2 Å². The van der Waals surface area contributed by atoms with E-state index in [0.29, 0.717) is 11.6 Å². The number of carbonyl (C=O) groups is 1. The van der Waals surface area contributed by atoms with Gasteiger partial charge in [0.1, 0.15) is 5.69 Å². The van der Waals surface area contributed by atoms with E-state index in [-0.39, 0.29) is 11.9 Å².